The fourth-order valence-electron chi connectivity index (χ4n) is 5.39. The average Bonchev–Trinajstić information content (AvgIpc) is 2.88. The van der Waals surface area contributed by atoms with Crippen LogP contribution in [-0.4, -0.2) is 5.97 Å². The van der Waals surface area contributed by atoms with Crippen LogP contribution in [0.4, 0.5) is 0 Å². The van der Waals surface area contributed by atoms with E-state index in [2.05, 4.69) is 31.2 Å². The van der Waals surface area contributed by atoms with Crippen molar-refractivity contribution < 1.29 is 9.53 Å². The highest BCUT2D eigenvalue weighted by Crippen LogP contribution is 2.38. The van der Waals surface area contributed by atoms with Crippen LogP contribution in [0.3, 0.4) is 0 Å². The van der Waals surface area contributed by atoms with Gasteiger partial charge in [0, 0.05) is 6.42 Å². The summed E-state index contributed by atoms with van der Waals surface area (Å²) < 4.78 is 5.28. The summed E-state index contributed by atoms with van der Waals surface area (Å²) in [6.45, 7) is 4.10. The van der Waals surface area contributed by atoms with Crippen molar-refractivity contribution in [3.8, 4) is 16.9 Å². The normalized spacial score (nSPS) is 18.1. The predicted octanol–water partition coefficient (Wildman–Crippen LogP) is 9.86. The molecule has 0 aliphatic heterocycles. The Balaban J connectivity index is 1.34. The van der Waals surface area contributed by atoms with Crippen LogP contribution in [0.2, 0.25) is 0 Å². The van der Waals surface area contributed by atoms with Crippen molar-refractivity contribution in [3.63, 3.8) is 0 Å². The van der Waals surface area contributed by atoms with Gasteiger partial charge in [0.05, 0.1) is 0 Å². The van der Waals surface area contributed by atoms with Crippen molar-refractivity contribution in [2.24, 2.45) is 5.92 Å². The molecular formula is C32H46O2. The monoisotopic (exact) mass is 462 g/mol. The van der Waals surface area contributed by atoms with E-state index in [1.165, 1.54) is 101 Å². The molecule has 0 unspecified atom stereocenters. The van der Waals surface area contributed by atoms with Crippen LogP contribution in [0.1, 0.15) is 122 Å². The van der Waals surface area contributed by atoms with Crippen LogP contribution in [0.25, 0.3) is 11.1 Å². The summed E-state index contributed by atoms with van der Waals surface area (Å²) >= 11 is 0. The first-order valence-corrected chi connectivity index (χ1v) is 14.1. The summed E-state index contributed by atoms with van der Waals surface area (Å²) in [6.07, 6.45) is 20.2. The van der Waals surface area contributed by atoms with E-state index in [0.717, 1.165) is 17.4 Å². The Morgan fingerprint density at radius 2 is 1.24 bits per heavy atom. The topological polar surface area (TPSA) is 26.3 Å². The number of rotatable bonds is 14. The summed E-state index contributed by atoms with van der Waals surface area (Å²) in [4.78, 5) is 11.4. The largest absolute Gasteiger partial charge is 0.427 e. The second-order valence-corrected chi connectivity index (χ2v) is 10.3. The van der Waals surface area contributed by atoms with Gasteiger partial charge in [-0.05, 0) is 66.3 Å². The standard InChI is InChI=1S/C32H46O2/c1-3-5-6-7-8-9-10-11-12-13-26-14-16-27(17-15-26)28-18-20-29(21-19-28)30-22-24-31(25-23-30)34-32(33)4-2/h18-27H,3-17H2,1-2H3. The molecule has 2 aromatic rings. The predicted molar refractivity (Wildman–Crippen MR) is 144 cm³/mol. The van der Waals surface area contributed by atoms with Crippen LogP contribution >= 0.6 is 0 Å². The molecule has 1 saturated carbocycles. The van der Waals surface area contributed by atoms with E-state index in [0.29, 0.717) is 12.2 Å². The van der Waals surface area contributed by atoms with Crippen molar-refractivity contribution in [1.29, 1.82) is 0 Å². The maximum atomic E-state index is 11.4. The second kappa shape index (κ2) is 15.0. The Morgan fingerprint density at radius 3 is 1.79 bits per heavy atom. The number of benzene rings is 2. The van der Waals surface area contributed by atoms with Gasteiger partial charge in [0.15, 0.2) is 0 Å². The number of carbonyl (C=O) groups excluding carboxylic acids is 1. The fourth-order valence-corrected chi connectivity index (χ4v) is 5.39. The van der Waals surface area contributed by atoms with E-state index >= 15 is 0 Å². The van der Waals surface area contributed by atoms with E-state index < -0.39 is 0 Å². The lowest BCUT2D eigenvalue weighted by atomic mass is 9.77. The fraction of sp³-hybridized carbons (Fsp3) is 0.594. The minimum absolute atomic E-state index is 0.194. The van der Waals surface area contributed by atoms with Gasteiger partial charge in [0.2, 0.25) is 0 Å². The van der Waals surface area contributed by atoms with E-state index in [1.807, 2.05) is 31.2 Å². The molecule has 0 heterocycles. The molecule has 0 saturated heterocycles. The van der Waals surface area contributed by atoms with E-state index in [-0.39, 0.29) is 5.97 Å². The van der Waals surface area contributed by atoms with Crippen molar-refractivity contribution in [3.05, 3.63) is 54.1 Å². The number of hydrogen-bond donors (Lipinski definition) is 0. The molecule has 0 amide bonds. The number of carbonyl (C=O) groups is 1. The third kappa shape index (κ3) is 8.93. The number of ether oxygens (including phenoxy) is 1. The molecule has 0 atom stereocenters. The Labute approximate surface area is 208 Å². The van der Waals surface area contributed by atoms with E-state index in [9.17, 15) is 4.79 Å². The van der Waals surface area contributed by atoms with Gasteiger partial charge in [-0.15, -0.1) is 0 Å². The van der Waals surface area contributed by atoms with Crippen LogP contribution in [-0.2, 0) is 4.79 Å². The zero-order chi connectivity index (χ0) is 24.0. The average molecular weight is 463 g/mol. The lowest BCUT2D eigenvalue weighted by molar-refractivity contribution is -0.134. The van der Waals surface area contributed by atoms with Crippen LogP contribution in [0.15, 0.2) is 48.5 Å². The lowest BCUT2D eigenvalue weighted by Gasteiger charge is -2.29. The number of esters is 1. The highest BCUT2D eigenvalue weighted by Gasteiger charge is 2.22. The molecular weight excluding hydrogens is 416 g/mol. The van der Waals surface area contributed by atoms with Crippen LogP contribution < -0.4 is 4.74 Å². The third-order valence-electron chi connectivity index (χ3n) is 7.65. The number of hydrogen-bond acceptors (Lipinski definition) is 2. The molecule has 0 radical (unpaired) electrons. The van der Waals surface area contributed by atoms with Gasteiger partial charge in [-0.1, -0.05) is 114 Å². The summed E-state index contributed by atoms with van der Waals surface area (Å²) in [6, 6.07) is 17.0. The second-order valence-electron chi connectivity index (χ2n) is 10.3. The lowest BCUT2D eigenvalue weighted by Crippen LogP contribution is -2.13. The highest BCUT2D eigenvalue weighted by atomic mass is 16.5. The number of unbranched alkanes of at least 4 members (excludes halogenated alkanes) is 8. The van der Waals surface area contributed by atoms with Crippen molar-refractivity contribution in [2.75, 3.05) is 0 Å². The van der Waals surface area contributed by atoms with Crippen molar-refractivity contribution in [1.82, 2.24) is 0 Å². The Morgan fingerprint density at radius 1 is 0.706 bits per heavy atom. The van der Waals surface area contributed by atoms with Crippen molar-refractivity contribution in [2.45, 2.75) is 116 Å². The molecule has 2 aromatic carbocycles. The third-order valence-corrected chi connectivity index (χ3v) is 7.65. The summed E-state index contributed by atoms with van der Waals surface area (Å²) in [7, 11) is 0. The minimum atomic E-state index is -0.194. The first-order valence-electron chi connectivity index (χ1n) is 14.1. The smallest absolute Gasteiger partial charge is 0.310 e. The summed E-state index contributed by atoms with van der Waals surface area (Å²) in [5.41, 5.74) is 3.88. The zero-order valence-electron chi connectivity index (χ0n) is 21.7. The van der Waals surface area contributed by atoms with Crippen LogP contribution in [0, 0.1) is 5.92 Å². The maximum Gasteiger partial charge on any atom is 0.310 e. The Hall–Kier alpha value is -2.09. The molecule has 2 heteroatoms. The summed E-state index contributed by atoms with van der Waals surface area (Å²) in [5, 5.41) is 0. The van der Waals surface area contributed by atoms with Gasteiger partial charge < -0.3 is 4.74 Å². The molecule has 3 rings (SSSR count). The van der Waals surface area contributed by atoms with Gasteiger partial charge in [-0.25, -0.2) is 0 Å². The molecule has 0 bridgehead atoms. The van der Waals surface area contributed by atoms with Crippen molar-refractivity contribution >= 4 is 5.97 Å². The van der Waals surface area contributed by atoms with Gasteiger partial charge in [-0.3, -0.25) is 4.79 Å². The molecule has 1 aliphatic rings. The zero-order valence-corrected chi connectivity index (χ0v) is 21.7. The molecule has 0 N–H and O–H groups in total. The molecule has 2 nitrogen and oxygen atoms in total. The maximum absolute atomic E-state index is 11.4. The van der Waals surface area contributed by atoms with Gasteiger partial charge >= 0.3 is 5.97 Å². The van der Waals surface area contributed by atoms with E-state index in [4.69, 9.17) is 4.74 Å². The molecule has 0 aromatic heterocycles. The molecule has 186 valence electrons. The highest BCUT2D eigenvalue weighted by molar-refractivity contribution is 5.72. The molecule has 0 spiro atoms. The molecule has 1 fully saturated rings. The quantitative estimate of drug-likeness (QED) is 0.159. The van der Waals surface area contributed by atoms with Crippen LogP contribution in [0.5, 0.6) is 5.75 Å². The Bertz CT molecular complexity index is 813. The van der Waals surface area contributed by atoms with Gasteiger partial charge in [0.25, 0.3) is 0 Å². The first-order chi connectivity index (χ1) is 16.7. The SMILES string of the molecule is CCCCCCCCCCCC1CCC(c2ccc(-c3ccc(OC(=O)CC)cc3)cc2)CC1. The first kappa shape index (κ1) is 26.5. The van der Waals surface area contributed by atoms with E-state index in [1.54, 1.807) is 0 Å². The van der Waals surface area contributed by atoms with Gasteiger partial charge in [0.1, 0.15) is 5.75 Å². The van der Waals surface area contributed by atoms with Gasteiger partial charge in [-0.2, -0.15) is 0 Å². The summed E-state index contributed by atoms with van der Waals surface area (Å²) in [5.74, 6) is 2.11. The minimum Gasteiger partial charge on any atom is -0.427 e. The molecule has 1 aliphatic carbocycles. The Kier molecular flexibility index (Phi) is 11.7. The molecule has 34 heavy (non-hydrogen) atoms.